The van der Waals surface area contributed by atoms with Crippen molar-refractivity contribution in [2.75, 3.05) is 64.3 Å². The van der Waals surface area contributed by atoms with Crippen LogP contribution < -0.4 is 5.32 Å². The Balaban J connectivity index is 1.23. The minimum absolute atomic E-state index is 0.00269. The minimum atomic E-state index is -0.00269. The molecule has 1 aromatic heterocycles. The summed E-state index contributed by atoms with van der Waals surface area (Å²) in [4.78, 5) is 35.6. The van der Waals surface area contributed by atoms with Crippen LogP contribution in [0, 0.1) is 0 Å². The molecule has 1 aromatic rings. The summed E-state index contributed by atoms with van der Waals surface area (Å²) in [5, 5.41) is 6.22. The molecule has 0 bridgehead atoms. The fourth-order valence-corrected chi connectivity index (χ4v) is 5.00. The second-order valence-electron chi connectivity index (χ2n) is 8.08. The molecule has 4 rings (SSSR count). The van der Waals surface area contributed by atoms with Crippen molar-refractivity contribution in [1.29, 1.82) is 0 Å². The first-order valence-electron chi connectivity index (χ1n) is 10.8. The number of morpholine rings is 1. The van der Waals surface area contributed by atoms with Crippen LogP contribution >= 0.6 is 11.3 Å². The molecule has 1 aliphatic carbocycles. The van der Waals surface area contributed by atoms with E-state index < -0.39 is 0 Å². The second kappa shape index (κ2) is 9.86. The number of rotatable bonds is 5. The van der Waals surface area contributed by atoms with Gasteiger partial charge in [0.1, 0.15) is 5.69 Å². The minimum Gasteiger partial charge on any atom is -0.378 e. The molecule has 29 heavy (non-hydrogen) atoms. The Morgan fingerprint density at radius 1 is 1.03 bits per heavy atom. The highest BCUT2D eigenvalue weighted by atomic mass is 32.1. The van der Waals surface area contributed by atoms with Crippen LogP contribution in [-0.4, -0.2) is 96.6 Å². The van der Waals surface area contributed by atoms with Gasteiger partial charge in [0.15, 0.2) is 5.13 Å². The SMILES string of the molecule is O=C(CN1CCN(C(=O)c2csc(NC3CCCCC3)n2)CC1)N1CCOCC1. The topological polar surface area (TPSA) is 78.0 Å². The van der Waals surface area contributed by atoms with Gasteiger partial charge in [-0.25, -0.2) is 4.98 Å². The lowest BCUT2D eigenvalue weighted by molar-refractivity contribution is -0.136. The molecule has 8 nitrogen and oxygen atoms in total. The molecule has 9 heteroatoms. The van der Waals surface area contributed by atoms with Gasteiger partial charge in [0, 0.05) is 50.7 Å². The Kier molecular flexibility index (Phi) is 6.99. The van der Waals surface area contributed by atoms with E-state index in [1.807, 2.05) is 15.2 Å². The lowest BCUT2D eigenvalue weighted by atomic mass is 9.96. The van der Waals surface area contributed by atoms with E-state index in [0.717, 1.165) is 18.2 Å². The highest BCUT2D eigenvalue weighted by Gasteiger charge is 2.26. The molecular weight excluding hydrogens is 390 g/mol. The fourth-order valence-electron chi connectivity index (χ4n) is 4.23. The number of thiazole rings is 1. The van der Waals surface area contributed by atoms with Crippen LogP contribution in [0.4, 0.5) is 5.13 Å². The average Bonchev–Trinajstić information content (AvgIpc) is 3.23. The van der Waals surface area contributed by atoms with Crippen LogP contribution in [-0.2, 0) is 9.53 Å². The molecule has 0 unspecified atom stereocenters. The molecule has 1 saturated carbocycles. The number of amides is 2. The van der Waals surface area contributed by atoms with Gasteiger partial charge in [0.25, 0.3) is 5.91 Å². The van der Waals surface area contributed by atoms with E-state index in [9.17, 15) is 9.59 Å². The van der Waals surface area contributed by atoms with E-state index in [0.29, 0.717) is 57.7 Å². The fraction of sp³-hybridized carbons (Fsp3) is 0.750. The number of carbonyl (C=O) groups is 2. The van der Waals surface area contributed by atoms with Crippen molar-refractivity contribution >= 4 is 28.3 Å². The first-order chi connectivity index (χ1) is 14.2. The van der Waals surface area contributed by atoms with E-state index in [1.54, 1.807) is 0 Å². The first-order valence-corrected chi connectivity index (χ1v) is 11.7. The number of aromatic nitrogens is 1. The smallest absolute Gasteiger partial charge is 0.273 e. The van der Waals surface area contributed by atoms with E-state index in [2.05, 4.69) is 15.2 Å². The van der Waals surface area contributed by atoms with Gasteiger partial charge in [-0.05, 0) is 12.8 Å². The zero-order valence-corrected chi connectivity index (χ0v) is 17.8. The molecule has 3 aliphatic rings. The number of piperazine rings is 1. The Hall–Kier alpha value is -1.71. The third-order valence-electron chi connectivity index (χ3n) is 6.04. The van der Waals surface area contributed by atoms with Crippen molar-refractivity contribution in [3.05, 3.63) is 11.1 Å². The standard InChI is InChI=1S/C20H31N5O3S/c26-18(24-10-12-28-13-11-24)14-23-6-8-25(9-7-23)19(27)17-15-29-20(22-17)21-16-4-2-1-3-5-16/h15-16H,1-14H2,(H,21,22). The molecule has 3 fully saturated rings. The van der Waals surface area contributed by atoms with Crippen LogP contribution in [0.5, 0.6) is 0 Å². The lowest BCUT2D eigenvalue weighted by Crippen LogP contribution is -2.52. The molecular formula is C20H31N5O3S. The van der Waals surface area contributed by atoms with Crippen molar-refractivity contribution in [1.82, 2.24) is 19.7 Å². The molecule has 0 radical (unpaired) electrons. The number of nitrogens with one attached hydrogen (secondary N) is 1. The molecule has 3 heterocycles. The van der Waals surface area contributed by atoms with Gasteiger partial charge in [-0.3, -0.25) is 14.5 Å². The Morgan fingerprint density at radius 2 is 1.76 bits per heavy atom. The van der Waals surface area contributed by atoms with Crippen molar-refractivity contribution in [2.24, 2.45) is 0 Å². The monoisotopic (exact) mass is 421 g/mol. The van der Waals surface area contributed by atoms with Gasteiger partial charge in [0.05, 0.1) is 19.8 Å². The summed E-state index contributed by atoms with van der Waals surface area (Å²) in [5.41, 5.74) is 0.533. The molecule has 2 amide bonds. The quantitative estimate of drug-likeness (QED) is 0.777. The van der Waals surface area contributed by atoms with Crippen LogP contribution in [0.15, 0.2) is 5.38 Å². The third kappa shape index (κ3) is 5.46. The van der Waals surface area contributed by atoms with Gasteiger partial charge in [0.2, 0.25) is 5.91 Å². The van der Waals surface area contributed by atoms with Gasteiger partial charge in [-0.2, -0.15) is 0 Å². The predicted octanol–water partition coefficient (Wildman–Crippen LogP) is 1.50. The van der Waals surface area contributed by atoms with Gasteiger partial charge in [-0.15, -0.1) is 11.3 Å². The molecule has 1 N–H and O–H groups in total. The maximum atomic E-state index is 12.8. The van der Waals surface area contributed by atoms with Crippen LogP contribution in [0.1, 0.15) is 42.6 Å². The van der Waals surface area contributed by atoms with Crippen LogP contribution in [0.25, 0.3) is 0 Å². The summed E-state index contributed by atoms with van der Waals surface area (Å²) in [7, 11) is 0. The van der Waals surface area contributed by atoms with Gasteiger partial charge >= 0.3 is 0 Å². The highest BCUT2D eigenvalue weighted by Crippen LogP contribution is 2.24. The van der Waals surface area contributed by atoms with Crippen LogP contribution in [0.2, 0.25) is 0 Å². The highest BCUT2D eigenvalue weighted by molar-refractivity contribution is 7.13. The summed E-state index contributed by atoms with van der Waals surface area (Å²) in [6.07, 6.45) is 6.24. The molecule has 0 aromatic carbocycles. The van der Waals surface area contributed by atoms with Crippen molar-refractivity contribution in [2.45, 2.75) is 38.1 Å². The third-order valence-corrected chi connectivity index (χ3v) is 6.81. The molecule has 160 valence electrons. The summed E-state index contributed by atoms with van der Waals surface area (Å²) in [6.45, 7) is 5.75. The summed E-state index contributed by atoms with van der Waals surface area (Å²) < 4.78 is 5.31. The number of hydrogen-bond acceptors (Lipinski definition) is 7. The first kappa shape index (κ1) is 20.6. The molecule has 2 aliphatic heterocycles. The van der Waals surface area contributed by atoms with E-state index in [4.69, 9.17) is 4.74 Å². The summed E-state index contributed by atoms with van der Waals surface area (Å²) in [5.74, 6) is 0.156. The lowest BCUT2D eigenvalue weighted by Gasteiger charge is -2.35. The molecule has 0 spiro atoms. The predicted molar refractivity (Wildman–Crippen MR) is 112 cm³/mol. The molecule has 2 saturated heterocycles. The number of carbonyl (C=O) groups excluding carboxylic acids is 2. The number of nitrogens with zero attached hydrogens (tertiary/aromatic N) is 4. The van der Waals surface area contributed by atoms with Crippen molar-refractivity contribution < 1.29 is 14.3 Å². The molecule has 0 atom stereocenters. The largest absolute Gasteiger partial charge is 0.378 e. The zero-order valence-electron chi connectivity index (χ0n) is 17.0. The number of ether oxygens (including phenoxy) is 1. The van der Waals surface area contributed by atoms with E-state index in [1.165, 1.54) is 43.4 Å². The van der Waals surface area contributed by atoms with Crippen molar-refractivity contribution in [3.63, 3.8) is 0 Å². The van der Waals surface area contributed by atoms with Gasteiger partial charge < -0.3 is 19.9 Å². The number of hydrogen-bond donors (Lipinski definition) is 1. The maximum absolute atomic E-state index is 12.8. The summed E-state index contributed by atoms with van der Waals surface area (Å²) in [6, 6.07) is 0.491. The zero-order chi connectivity index (χ0) is 20.1. The van der Waals surface area contributed by atoms with Crippen LogP contribution in [0.3, 0.4) is 0 Å². The van der Waals surface area contributed by atoms with Gasteiger partial charge in [-0.1, -0.05) is 19.3 Å². The number of anilines is 1. The van der Waals surface area contributed by atoms with Crippen molar-refractivity contribution in [3.8, 4) is 0 Å². The Morgan fingerprint density at radius 3 is 2.48 bits per heavy atom. The second-order valence-corrected chi connectivity index (χ2v) is 8.94. The van der Waals surface area contributed by atoms with E-state index >= 15 is 0 Å². The Bertz CT molecular complexity index is 692. The Labute approximate surface area is 176 Å². The summed E-state index contributed by atoms with van der Waals surface area (Å²) >= 11 is 1.52. The average molecular weight is 422 g/mol. The normalized spacial score (nSPS) is 21.9. The van der Waals surface area contributed by atoms with E-state index in [-0.39, 0.29) is 11.8 Å². The maximum Gasteiger partial charge on any atom is 0.273 e.